The summed E-state index contributed by atoms with van der Waals surface area (Å²) in [5, 5.41) is 3.02. The van der Waals surface area contributed by atoms with E-state index in [1.165, 1.54) is 18.3 Å². The van der Waals surface area contributed by atoms with Crippen LogP contribution < -0.4 is 5.59 Å². The molecule has 3 aromatic rings. The Bertz CT molecular complexity index is 1050. The summed E-state index contributed by atoms with van der Waals surface area (Å²) in [7, 11) is 0. The lowest BCUT2D eigenvalue weighted by molar-refractivity contribution is -0.00252. The van der Waals surface area contributed by atoms with Crippen LogP contribution in [0, 0.1) is 5.95 Å². The molecule has 1 aromatic carbocycles. The van der Waals surface area contributed by atoms with Gasteiger partial charge in [-0.15, -0.1) is 0 Å². The number of amides is 1. The third-order valence-electron chi connectivity index (χ3n) is 5.36. The van der Waals surface area contributed by atoms with E-state index in [9.17, 15) is 9.18 Å². The van der Waals surface area contributed by atoms with E-state index in [1.807, 2.05) is 41.5 Å². The maximum absolute atomic E-state index is 13.0. The van der Waals surface area contributed by atoms with Crippen molar-refractivity contribution in [1.29, 1.82) is 0 Å². The van der Waals surface area contributed by atoms with Crippen LogP contribution >= 0.6 is 0 Å². The van der Waals surface area contributed by atoms with Crippen LogP contribution in [-0.4, -0.2) is 44.9 Å². The lowest BCUT2D eigenvalue weighted by Gasteiger charge is -2.36. The first-order chi connectivity index (χ1) is 14.2. The smallest absolute Gasteiger partial charge is 0.255 e. The van der Waals surface area contributed by atoms with Crippen molar-refractivity contribution in [3.8, 4) is 0 Å². The van der Waals surface area contributed by atoms with Crippen molar-refractivity contribution in [2.24, 2.45) is 0 Å². The monoisotopic (exact) mass is 393 g/mol. The van der Waals surface area contributed by atoms with Gasteiger partial charge in [-0.2, -0.15) is 4.39 Å². The molecule has 0 radical (unpaired) electrons. The Morgan fingerprint density at radius 2 is 2.14 bits per heavy atom. The number of nitrogens with zero attached hydrogens (tertiary/aromatic N) is 3. The molecule has 1 fully saturated rings. The maximum Gasteiger partial charge on any atom is 0.255 e. The van der Waals surface area contributed by atoms with Gasteiger partial charge >= 0.3 is 0 Å². The Hall–Kier alpha value is -3.39. The number of nitrogens with one attached hydrogen (secondary N) is 2. The molecule has 0 spiro atoms. The molecule has 0 aliphatic carbocycles. The Balaban J connectivity index is 1.30. The van der Waals surface area contributed by atoms with Gasteiger partial charge in [0.15, 0.2) is 5.76 Å². The van der Waals surface area contributed by atoms with Crippen LogP contribution in [0.2, 0.25) is 0 Å². The van der Waals surface area contributed by atoms with E-state index in [4.69, 9.17) is 4.84 Å². The summed E-state index contributed by atoms with van der Waals surface area (Å²) in [5.74, 6) is -0.0272. The van der Waals surface area contributed by atoms with Crippen LogP contribution in [0.25, 0.3) is 16.7 Å². The van der Waals surface area contributed by atoms with Gasteiger partial charge in [0, 0.05) is 30.2 Å². The van der Waals surface area contributed by atoms with Crippen molar-refractivity contribution in [2.75, 3.05) is 13.1 Å². The first kappa shape index (κ1) is 17.7. The van der Waals surface area contributed by atoms with Gasteiger partial charge in [0.1, 0.15) is 0 Å². The highest BCUT2D eigenvalue weighted by molar-refractivity contribution is 5.94. The molecule has 1 saturated heterocycles. The Kier molecular flexibility index (Phi) is 4.40. The van der Waals surface area contributed by atoms with E-state index in [1.54, 1.807) is 4.90 Å². The number of pyridine rings is 1. The number of fused-ring (bicyclic) bond motifs is 1. The molecular weight excluding hydrogens is 373 g/mol. The second-order valence-electron chi connectivity index (χ2n) is 7.28. The van der Waals surface area contributed by atoms with Gasteiger partial charge in [0.05, 0.1) is 23.5 Å². The van der Waals surface area contributed by atoms with E-state index in [2.05, 4.69) is 15.6 Å². The SMILES string of the molecule is O=C(c1ccc(F)nc1)N1CCCC(N2C=C(c3cc4ccccc4[nH]3)ON2)C1. The molecule has 1 atom stereocenters. The minimum Gasteiger partial charge on any atom is -0.385 e. The number of piperidine rings is 1. The highest BCUT2D eigenvalue weighted by Crippen LogP contribution is 2.26. The van der Waals surface area contributed by atoms with Crippen LogP contribution in [0.15, 0.2) is 54.9 Å². The highest BCUT2D eigenvalue weighted by Gasteiger charge is 2.30. The molecule has 2 aliphatic rings. The van der Waals surface area contributed by atoms with Gasteiger partial charge < -0.3 is 14.7 Å². The predicted octanol–water partition coefficient (Wildman–Crippen LogP) is 3.06. The van der Waals surface area contributed by atoms with Crippen molar-refractivity contribution < 1.29 is 14.0 Å². The van der Waals surface area contributed by atoms with E-state index >= 15 is 0 Å². The summed E-state index contributed by atoms with van der Waals surface area (Å²) in [6.45, 7) is 1.21. The quantitative estimate of drug-likeness (QED) is 0.669. The average Bonchev–Trinajstić information content (AvgIpc) is 3.41. The number of benzene rings is 1. The molecule has 29 heavy (non-hydrogen) atoms. The lowest BCUT2D eigenvalue weighted by Crippen LogP contribution is -2.50. The number of halogens is 1. The number of aromatic amines is 1. The topological polar surface area (TPSA) is 73.5 Å². The molecule has 5 rings (SSSR count). The van der Waals surface area contributed by atoms with Crippen molar-refractivity contribution >= 4 is 22.6 Å². The minimum atomic E-state index is -0.592. The molecule has 2 aromatic heterocycles. The lowest BCUT2D eigenvalue weighted by atomic mass is 10.0. The normalized spacial score (nSPS) is 19.3. The Labute approximate surface area is 166 Å². The van der Waals surface area contributed by atoms with Gasteiger partial charge in [0.2, 0.25) is 5.95 Å². The summed E-state index contributed by atoms with van der Waals surface area (Å²) >= 11 is 0. The van der Waals surface area contributed by atoms with Crippen molar-refractivity contribution in [2.45, 2.75) is 18.9 Å². The average molecular weight is 393 g/mol. The summed E-state index contributed by atoms with van der Waals surface area (Å²) in [6, 6.07) is 12.9. The first-order valence-electron chi connectivity index (χ1n) is 9.59. The van der Waals surface area contributed by atoms with Crippen LogP contribution in [0.5, 0.6) is 0 Å². The van der Waals surface area contributed by atoms with E-state index < -0.39 is 5.95 Å². The van der Waals surface area contributed by atoms with Crippen LogP contribution in [0.3, 0.4) is 0 Å². The van der Waals surface area contributed by atoms with Crippen molar-refractivity contribution in [3.63, 3.8) is 0 Å². The standard InChI is InChI=1S/C21H20FN5O2/c22-20-8-7-15(11-23-20)21(28)26-9-3-5-16(12-26)27-13-19(29-25-27)18-10-14-4-1-2-6-17(14)24-18/h1-2,4,6-8,10-11,13,16,24-25H,3,5,9,12H2. The van der Waals surface area contributed by atoms with E-state index in [-0.39, 0.29) is 11.9 Å². The molecule has 1 unspecified atom stereocenters. The van der Waals surface area contributed by atoms with Crippen LogP contribution in [0.4, 0.5) is 4.39 Å². The number of likely N-dealkylation sites (tertiary alicyclic amines) is 1. The summed E-state index contributed by atoms with van der Waals surface area (Å²) < 4.78 is 13.0. The predicted molar refractivity (Wildman–Crippen MR) is 105 cm³/mol. The zero-order valence-corrected chi connectivity index (χ0v) is 15.6. The molecule has 148 valence electrons. The molecular formula is C21H20FN5O2. The maximum atomic E-state index is 13.0. The second kappa shape index (κ2) is 7.21. The molecule has 1 amide bonds. The number of carbonyl (C=O) groups excluding carboxylic acids is 1. The number of H-pyrrole nitrogens is 1. The molecule has 7 nitrogen and oxygen atoms in total. The fourth-order valence-electron chi connectivity index (χ4n) is 3.84. The number of hydrazine groups is 1. The number of hydrogen-bond acceptors (Lipinski definition) is 5. The van der Waals surface area contributed by atoms with Crippen molar-refractivity contribution in [1.82, 2.24) is 25.5 Å². The number of para-hydroxylation sites is 1. The zero-order valence-electron chi connectivity index (χ0n) is 15.6. The fraction of sp³-hybridized carbons (Fsp3) is 0.238. The first-order valence-corrected chi connectivity index (χ1v) is 9.59. The minimum absolute atomic E-state index is 0.0722. The summed E-state index contributed by atoms with van der Waals surface area (Å²) in [6.07, 6.45) is 5.01. The van der Waals surface area contributed by atoms with Crippen LogP contribution in [-0.2, 0) is 4.84 Å². The highest BCUT2D eigenvalue weighted by atomic mass is 19.1. The largest absolute Gasteiger partial charge is 0.385 e. The van der Waals surface area contributed by atoms with E-state index in [0.29, 0.717) is 24.4 Å². The number of rotatable bonds is 3. The Morgan fingerprint density at radius 3 is 2.97 bits per heavy atom. The third-order valence-corrected chi connectivity index (χ3v) is 5.36. The van der Waals surface area contributed by atoms with Crippen LogP contribution in [0.1, 0.15) is 28.9 Å². The number of aromatic nitrogens is 2. The molecule has 0 bridgehead atoms. The zero-order chi connectivity index (χ0) is 19.8. The molecule has 2 N–H and O–H groups in total. The Morgan fingerprint density at radius 1 is 1.24 bits per heavy atom. The van der Waals surface area contributed by atoms with Gasteiger partial charge in [-0.25, -0.2) is 4.98 Å². The second-order valence-corrected chi connectivity index (χ2v) is 7.28. The molecule has 0 saturated carbocycles. The summed E-state index contributed by atoms with van der Waals surface area (Å²) in [4.78, 5) is 27.1. The van der Waals surface area contributed by atoms with Gasteiger partial charge in [-0.05, 0) is 37.1 Å². The third kappa shape index (κ3) is 3.42. The van der Waals surface area contributed by atoms with E-state index in [0.717, 1.165) is 29.4 Å². The van der Waals surface area contributed by atoms with Crippen molar-refractivity contribution in [3.05, 3.63) is 72.1 Å². The van der Waals surface area contributed by atoms with Gasteiger partial charge in [-0.3, -0.25) is 9.80 Å². The summed E-state index contributed by atoms with van der Waals surface area (Å²) in [5.41, 5.74) is 5.28. The molecule has 2 aliphatic heterocycles. The molecule has 8 heteroatoms. The van der Waals surface area contributed by atoms with Gasteiger partial charge in [0.25, 0.3) is 5.91 Å². The number of carbonyl (C=O) groups is 1. The van der Waals surface area contributed by atoms with Gasteiger partial charge in [-0.1, -0.05) is 23.8 Å². The fourth-order valence-corrected chi connectivity index (χ4v) is 3.84. The molecule has 4 heterocycles. The number of hydrogen-bond donors (Lipinski definition) is 2.